The van der Waals surface area contributed by atoms with Crippen LogP contribution in [0.5, 0.6) is 0 Å². The number of rotatable bonds is 3. The molecule has 136 valence electrons. The molecule has 0 amide bonds. The lowest BCUT2D eigenvalue weighted by molar-refractivity contribution is -0.137. The van der Waals surface area contributed by atoms with Crippen LogP contribution in [0.1, 0.15) is 34.5 Å². The minimum Gasteiger partial charge on any atom is -0.465 e. The number of aliphatic imine (C=N–C) groups is 1. The van der Waals surface area contributed by atoms with Gasteiger partial charge in [0.25, 0.3) is 0 Å². The lowest BCUT2D eigenvalue weighted by Gasteiger charge is -2.18. The molecule has 0 N–H and O–H groups in total. The summed E-state index contributed by atoms with van der Waals surface area (Å²) < 4.78 is 44.3. The highest BCUT2D eigenvalue weighted by molar-refractivity contribution is 5.93. The van der Waals surface area contributed by atoms with Gasteiger partial charge in [-0.1, -0.05) is 60.7 Å². The van der Waals surface area contributed by atoms with Gasteiger partial charge in [-0.25, -0.2) is 4.99 Å². The van der Waals surface area contributed by atoms with Gasteiger partial charge in [0.2, 0.25) is 5.90 Å². The van der Waals surface area contributed by atoms with E-state index in [4.69, 9.17) is 4.74 Å². The zero-order valence-electron chi connectivity index (χ0n) is 14.1. The number of hydrogen-bond acceptors (Lipinski definition) is 3. The molecular weight excluding hydrogens is 353 g/mol. The van der Waals surface area contributed by atoms with Gasteiger partial charge in [0, 0.05) is 6.20 Å². The Morgan fingerprint density at radius 3 is 1.96 bits per heavy atom. The van der Waals surface area contributed by atoms with Crippen molar-refractivity contribution in [2.24, 2.45) is 4.99 Å². The topological polar surface area (TPSA) is 34.5 Å². The first-order chi connectivity index (χ1) is 13.0. The molecule has 2 heterocycles. The fraction of sp³-hybridized carbons (Fsp3) is 0.143. The van der Waals surface area contributed by atoms with E-state index in [1.54, 1.807) is 0 Å². The molecule has 3 nitrogen and oxygen atoms in total. The molecule has 0 spiro atoms. The molecule has 0 bridgehead atoms. The van der Waals surface area contributed by atoms with Crippen molar-refractivity contribution in [1.29, 1.82) is 0 Å². The summed E-state index contributed by atoms with van der Waals surface area (Å²) in [5.41, 5.74) is 1.39. The summed E-state index contributed by atoms with van der Waals surface area (Å²) in [5, 5.41) is 0. The van der Waals surface area contributed by atoms with Crippen LogP contribution in [0.25, 0.3) is 0 Å². The Hall–Kier alpha value is -3.15. The number of aromatic nitrogens is 1. The third-order valence-electron chi connectivity index (χ3n) is 4.36. The second-order valence-electron chi connectivity index (χ2n) is 6.17. The van der Waals surface area contributed by atoms with Crippen LogP contribution in [-0.4, -0.2) is 10.9 Å². The largest absolute Gasteiger partial charge is 0.465 e. The van der Waals surface area contributed by atoms with Gasteiger partial charge in [-0.2, -0.15) is 13.2 Å². The molecule has 1 aliphatic heterocycles. The molecule has 1 aromatic heterocycles. The highest BCUT2D eigenvalue weighted by atomic mass is 19.4. The predicted octanol–water partition coefficient (Wildman–Crippen LogP) is 5.36. The molecule has 3 aromatic rings. The average Bonchev–Trinajstić information content (AvgIpc) is 3.14. The van der Waals surface area contributed by atoms with Gasteiger partial charge in [0.1, 0.15) is 11.7 Å². The fourth-order valence-electron chi connectivity index (χ4n) is 3.02. The van der Waals surface area contributed by atoms with Crippen LogP contribution < -0.4 is 0 Å². The number of halogens is 3. The molecule has 0 radical (unpaired) electrons. The third-order valence-corrected chi connectivity index (χ3v) is 4.36. The monoisotopic (exact) mass is 368 g/mol. The Morgan fingerprint density at radius 1 is 0.778 bits per heavy atom. The maximum Gasteiger partial charge on any atom is 0.417 e. The van der Waals surface area contributed by atoms with Crippen molar-refractivity contribution in [3.63, 3.8) is 0 Å². The van der Waals surface area contributed by atoms with Crippen LogP contribution in [0.4, 0.5) is 13.2 Å². The van der Waals surface area contributed by atoms with E-state index in [2.05, 4.69) is 9.98 Å². The Labute approximate surface area is 154 Å². The van der Waals surface area contributed by atoms with Gasteiger partial charge in [0.15, 0.2) is 6.10 Å². The highest BCUT2D eigenvalue weighted by Crippen LogP contribution is 2.41. The van der Waals surface area contributed by atoms with Crippen molar-refractivity contribution in [2.45, 2.75) is 18.3 Å². The average molecular weight is 368 g/mol. The van der Waals surface area contributed by atoms with Crippen molar-refractivity contribution in [3.05, 3.63) is 101 Å². The zero-order chi connectivity index (χ0) is 18.9. The van der Waals surface area contributed by atoms with Gasteiger partial charge in [-0.3, -0.25) is 4.98 Å². The molecule has 0 unspecified atom stereocenters. The number of nitrogens with zero attached hydrogens (tertiary/aromatic N) is 2. The number of pyridine rings is 1. The first-order valence-corrected chi connectivity index (χ1v) is 8.40. The highest BCUT2D eigenvalue weighted by Gasteiger charge is 2.35. The molecule has 2 aromatic carbocycles. The summed E-state index contributed by atoms with van der Waals surface area (Å²) in [6.07, 6.45) is -4.00. The van der Waals surface area contributed by atoms with Gasteiger partial charge < -0.3 is 4.74 Å². The molecule has 0 fully saturated rings. The predicted molar refractivity (Wildman–Crippen MR) is 95.2 cm³/mol. The van der Waals surface area contributed by atoms with E-state index in [0.29, 0.717) is 0 Å². The van der Waals surface area contributed by atoms with Crippen molar-refractivity contribution in [3.8, 4) is 0 Å². The Bertz CT molecular complexity index is 939. The zero-order valence-corrected chi connectivity index (χ0v) is 14.1. The Morgan fingerprint density at radius 2 is 1.41 bits per heavy atom. The van der Waals surface area contributed by atoms with E-state index < -0.39 is 11.7 Å². The van der Waals surface area contributed by atoms with Crippen molar-refractivity contribution in [2.75, 3.05) is 0 Å². The summed E-state index contributed by atoms with van der Waals surface area (Å²) in [6, 6.07) is 21.3. The summed E-state index contributed by atoms with van der Waals surface area (Å²) in [6.45, 7) is 0. The van der Waals surface area contributed by atoms with E-state index in [-0.39, 0.29) is 23.7 Å². The third kappa shape index (κ3) is 3.56. The summed E-state index contributed by atoms with van der Waals surface area (Å²) in [4.78, 5) is 8.54. The van der Waals surface area contributed by atoms with Gasteiger partial charge in [0.05, 0.1) is 5.56 Å². The Kier molecular flexibility index (Phi) is 4.39. The molecule has 1 aliphatic rings. The van der Waals surface area contributed by atoms with Crippen LogP contribution in [0.15, 0.2) is 84.0 Å². The van der Waals surface area contributed by atoms with Crippen LogP contribution in [0, 0.1) is 0 Å². The summed E-state index contributed by atoms with van der Waals surface area (Å²) in [7, 11) is 0. The van der Waals surface area contributed by atoms with E-state index in [1.807, 2.05) is 60.7 Å². The normalized spacial score (nSPS) is 19.4. The Balaban J connectivity index is 1.70. The number of benzene rings is 2. The number of ether oxygens (including phenoxy) is 1. The number of hydrogen-bond donors (Lipinski definition) is 0. The first-order valence-electron chi connectivity index (χ1n) is 8.40. The van der Waals surface area contributed by atoms with Crippen molar-refractivity contribution in [1.82, 2.24) is 4.98 Å². The van der Waals surface area contributed by atoms with Crippen LogP contribution in [0.2, 0.25) is 0 Å². The van der Waals surface area contributed by atoms with Crippen molar-refractivity contribution < 1.29 is 17.9 Å². The SMILES string of the molecule is FC(F)(F)c1ccc(C2=N[C@H](c3ccccc3)[C@H](c3ccccc3)O2)nc1. The smallest absolute Gasteiger partial charge is 0.417 e. The standard InChI is InChI=1S/C21H15F3N2O/c22-21(23,24)16-11-12-17(25-13-16)20-26-18(14-7-3-1-4-8-14)19(27-20)15-9-5-2-6-10-15/h1-13,18-19H/t18-,19+/m1/s1. The van der Waals surface area contributed by atoms with Gasteiger partial charge >= 0.3 is 6.18 Å². The minimum absolute atomic E-state index is 0.242. The lowest BCUT2D eigenvalue weighted by Crippen LogP contribution is -2.11. The fourth-order valence-corrected chi connectivity index (χ4v) is 3.02. The number of alkyl halides is 3. The van der Waals surface area contributed by atoms with E-state index >= 15 is 0 Å². The lowest BCUT2D eigenvalue weighted by atomic mass is 9.97. The summed E-state index contributed by atoms with van der Waals surface area (Å²) >= 11 is 0. The molecule has 0 saturated heterocycles. The molecule has 0 saturated carbocycles. The van der Waals surface area contributed by atoms with Crippen molar-refractivity contribution >= 4 is 5.90 Å². The molecule has 27 heavy (non-hydrogen) atoms. The molecular formula is C21H15F3N2O. The second-order valence-corrected chi connectivity index (χ2v) is 6.17. The van der Waals surface area contributed by atoms with Gasteiger partial charge in [-0.15, -0.1) is 0 Å². The van der Waals surface area contributed by atoms with Crippen LogP contribution >= 0.6 is 0 Å². The molecule has 0 aliphatic carbocycles. The molecule has 2 atom stereocenters. The van der Waals surface area contributed by atoms with E-state index in [9.17, 15) is 13.2 Å². The molecule has 6 heteroatoms. The van der Waals surface area contributed by atoms with Gasteiger partial charge in [-0.05, 0) is 23.3 Å². The first kappa shape index (κ1) is 17.3. The second kappa shape index (κ2) is 6.87. The van der Waals surface area contributed by atoms with Crippen LogP contribution in [-0.2, 0) is 10.9 Å². The summed E-state index contributed by atoms with van der Waals surface area (Å²) in [5.74, 6) is 0.242. The van der Waals surface area contributed by atoms with Crippen LogP contribution in [0.3, 0.4) is 0 Å². The van der Waals surface area contributed by atoms with E-state index in [0.717, 1.165) is 23.4 Å². The van der Waals surface area contributed by atoms with E-state index in [1.165, 1.54) is 6.07 Å². The maximum absolute atomic E-state index is 12.8. The molecule has 4 rings (SSSR count). The quantitative estimate of drug-likeness (QED) is 0.624. The maximum atomic E-state index is 12.8. The minimum atomic E-state index is -4.43.